The van der Waals surface area contributed by atoms with Gasteiger partial charge in [0.2, 0.25) is 0 Å². The maximum absolute atomic E-state index is 5.30. The van der Waals surface area contributed by atoms with E-state index in [-0.39, 0.29) is 0 Å². The number of aromatic nitrogens is 5. The van der Waals surface area contributed by atoms with Crippen molar-refractivity contribution in [3.63, 3.8) is 0 Å². The van der Waals surface area contributed by atoms with Crippen molar-refractivity contribution >= 4 is 32.4 Å². The molecular formula is C43H27N5. The normalized spacial score (nSPS) is 11.3. The van der Waals surface area contributed by atoms with Gasteiger partial charge in [-0.25, -0.2) is 24.9 Å². The van der Waals surface area contributed by atoms with Gasteiger partial charge in [-0.05, 0) is 39.7 Å². The van der Waals surface area contributed by atoms with Crippen LogP contribution in [0.5, 0.6) is 0 Å². The summed E-state index contributed by atoms with van der Waals surface area (Å²) in [5.74, 6) is 2.54. The zero-order valence-electron chi connectivity index (χ0n) is 25.8. The number of fused-ring (bicyclic) bond motifs is 4. The summed E-state index contributed by atoms with van der Waals surface area (Å²) in [5, 5.41) is 5.66. The second-order valence-corrected chi connectivity index (χ2v) is 11.7. The summed E-state index contributed by atoms with van der Waals surface area (Å²) in [6, 6.07) is 55.8. The summed E-state index contributed by atoms with van der Waals surface area (Å²) >= 11 is 0. The molecule has 0 bridgehead atoms. The predicted octanol–water partition coefficient (Wildman–Crippen LogP) is 10.5. The number of rotatable bonds is 5. The molecule has 2 aromatic heterocycles. The van der Waals surface area contributed by atoms with Crippen LogP contribution in [0.15, 0.2) is 164 Å². The van der Waals surface area contributed by atoms with E-state index in [9.17, 15) is 0 Å². The molecule has 0 saturated carbocycles. The fourth-order valence-electron chi connectivity index (χ4n) is 6.40. The first-order valence-corrected chi connectivity index (χ1v) is 15.9. The minimum atomic E-state index is 0.601. The quantitative estimate of drug-likeness (QED) is 0.181. The number of benzene rings is 7. The molecule has 7 aromatic carbocycles. The molecule has 0 fully saturated rings. The van der Waals surface area contributed by atoms with Crippen LogP contribution in [-0.2, 0) is 0 Å². The SMILES string of the molecule is c1ccc(-c2nc(-c3ccccc3)nc(-c3cccc(-c4nc(-c5cc6ccccc6c6ccccc56)nc5ccccc45)c3)n2)cc1. The van der Waals surface area contributed by atoms with Gasteiger partial charge in [0.15, 0.2) is 23.3 Å². The van der Waals surface area contributed by atoms with Gasteiger partial charge in [0.05, 0.1) is 11.2 Å². The summed E-state index contributed by atoms with van der Waals surface area (Å²) in [6.07, 6.45) is 0. The highest BCUT2D eigenvalue weighted by atomic mass is 15.0. The predicted molar refractivity (Wildman–Crippen MR) is 195 cm³/mol. The minimum Gasteiger partial charge on any atom is -0.228 e. The average molecular weight is 614 g/mol. The molecule has 9 aromatic rings. The van der Waals surface area contributed by atoms with Crippen LogP contribution < -0.4 is 0 Å². The van der Waals surface area contributed by atoms with Crippen molar-refractivity contribution < 1.29 is 0 Å². The number of hydrogen-bond donors (Lipinski definition) is 0. The first kappa shape index (κ1) is 27.7. The molecule has 224 valence electrons. The van der Waals surface area contributed by atoms with Crippen LogP contribution in [0.1, 0.15) is 0 Å². The van der Waals surface area contributed by atoms with Gasteiger partial charge in [-0.3, -0.25) is 0 Å². The Kier molecular flexibility index (Phi) is 6.72. The molecule has 0 aliphatic carbocycles. The van der Waals surface area contributed by atoms with Crippen LogP contribution in [0.2, 0.25) is 0 Å². The molecule has 5 nitrogen and oxygen atoms in total. The molecule has 0 spiro atoms. The number of nitrogens with zero attached hydrogens (tertiary/aromatic N) is 5. The van der Waals surface area contributed by atoms with Crippen molar-refractivity contribution in [1.82, 2.24) is 24.9 Å². The number of para-hydroxylation sites is 1. The Labute approximate surface area is 277 Å². The van der Waals surface area contributed by atoms with Crippen LogP contribution >= 0.6 is 0 Å². The Balaban J connectivity index is 1.24. The largest absolute Gasteiger partial charge is 0.228 e. The Morgan fingerprint density at radius 2 is 0.812 bits per heavy atom. The van der Waals surface area contributed by atoms with E-state index in [1.165, 1.54) is 10.8 Å². The van der Waals surface area contributed by atoms with Crippen molar-refractivity contribution in [2.45, 2.75) is 0 Å². The highest BCUT2D eigenvalue weighted by Crippen LogP contribution is 2.37. The third-order valence-electron chi connectivity index (χ3n) is 8.71. The summed E-state index contributed by atoms with van der Waals surface area (Å²) < 4.78 is 0. The maximum Gasteiger partial charge on any atom is 0.164 e. The van der Waals surface area contributed by atoms with E-state index in [0.717, 1.165) is 55.2 Å². The Bertz CT molecular complexity index is 2560. The monoisotopic (exact) mass is 613 g/mol. The third kappa shape index (κ3) is 4.95. The topological polar surface area (TPSA) is 64.5 Å². The standard InChI is InChI=1S/C43H27N5/c1-3-14-28(15-4-1)40-46-41(29-16-5-2-6-17-29)48-42(47-40)32-20-13-19-31(26-32)39-36-24-11-12-25-38(36)44-43(45-39)37-27-30-18-7-8-21-33(30)34-22-9-10-23-35(34)37/h1-27H. The van der Waals surface area contributed by atoms with Crippen molar-refractivity contribution in [3.8, 4) is 56.8 Å². The highest BCUT2D eigenvalue weighted by molar-refractivity contribution is 6.13. The summed E-state index contributed by atoms with van der Waals surface area (Å²) in [4.78, 5) is 25.2. The lowest BCUT2D eigenvalue weighted by molar-refractivity contribution is 1.07. The molecular weight excluding hydrogens is 587 g/mol. The van der Waals surface area contributed by atoms with E-state index < -0.39 is 0 Å². The van der Waals surface area contributed by atoms with Crippen molar-refractivity contribution in [2.75, 3.05) is 0 Å². The molecule has 0 radical (unpaired) electrons. The zero-order chi connectivity index (χ0) is 31.9. The highest BCUT2D eigenvalue weighted by Gasteiger charge is 2.17. The van der Waals surface area contributed by atoms with Gasteiger partial charge >= 0.3 is 0 Å². The van der Waals surface area contributed by atoms with Crippen LogP contribution in [0.4, 0.5) is 0 Å². The van der Waals surface area contributed by atoms with E-state index in [1.807, 2.05) is 84.9 Å². The summed E-state index contributed by atoms with van der Waals surface area (Å²) in [6.45, 7) is 0. The lowest BCUT2D eigenvalue weighted by atomic mass is 9.96. The van der Waals surface area contributed by atoms with Crippen molar-refractivity contribution in [1.29, 1.82) is 0 Å². The molecule has 2 heterocycles. The number of hydrogen-bond acceptors (Lipinski definition) is 5. The lowest BCUT2D eigenvalue weighted by Gasteiger charge is -2.13. The molecule has 9 rings (SSSR count). The Morgan fingerprint density at radius 1 is 0.292 bits per heavy atom. The molecule has 0 saturated heterocycles. The van der Waals surface area contributed by atoms with E-state index in [0.29, 0.717) is 23.3 Å². The second-order valence-electron chi connectivity index (χ2n) is 11.7. The first-order chi connectivity index (χ1) is 23.8. The maximum atomic E-state index is 5.30. The van der Waals surface area contributed by atoms with E-state index in [2.05, 4.69) is 78.9 Å². The summed E-state index contributed by atoms with van der Waals surface area (Å²) in [5.41, 5.74) is 6.45. The molecule has 0 aliphatic rings. The van der Waals surface area contributed by atoms with E-state index in [1.54, 1.807) is 0 Å². The summed E-state index contributed by atoms with van der Waals surface area (Å²) in [7, 11) is 0. The fraction of sp³-hybridized carbons (Fsp3) is 0. The van der Waals surface area contributed by atoms with Crippen LogP contribution in [0, 0.1) is 0 Å². The third-order valence-corrected chi connectivity index (χ3v) is 8.71. The smallest absolute Gasteiger partial charge is 0.164 e. The average Bonchev–Trinajstić information content (AvgIpc) is 3.17. The first-order valence-electron chi connectivity index (χ1n) is 15.9. The van der Waals surface area contributed by atoms with Gasteiger partial charge in [0.25, 0.3) is 0 Å². The van der Waals surface area contributed by atoms with Crippen LogP contribution in [0.3, 0.4) is 0 Å². The molecule has 0 amide bonds. The van der Waals surface area contributed by atoms with E-state index >= 15 is 0 Å². The van der Waals surface area contributed by atoms with Gasteiger partial charge in [0, 0.05) is 33.2 Å². The Hall–Kier alpha value is -6.59. The molecule has 48 heavy (non-hydrogen) atoms. The molecule has 0 atom stereocenters. The van der Waals surface area contributed by atoms with Gasteiger partial charge in [-0.2, -0.15) is 0 Å². The van der Waals surface area contributed by atoms with Gasteiger partial charge in [-0.1, -0.05) is 146 Å². The fourth-order valence-corrected chi connectivity index (χ4v) is 6.40. The van der Waals surface area contributed by atoms with Crippen molar-refractivity contribution in [2.24, 2.45) is 0 Å². The van der Waals surface area contributed by atoms with Gasteiger partial charge < -0.3 is 0 Å². The Morgan fingerprint density at radius 3 is 1.52 bits per heavy atom. The second kappa shape index (κ2) is 11.6. The van der Waals surface area contributed by atoms with Crippen molar-refractivity contribution in [3.05, 3.63) is 164 Å². The molecule has 5 heteroatoms. The minimum absolute atomic E-state index is 0.601. The molecule has 0 unspecified atom stereocenters. The van der Waals surface area contributed by atoms with Crippen LogP contribution in [-0.4, -0.2) is 24.9 Å². The molecule has 0 N–H and O–H groups in total. The molecule has 0 aliphatic heterocycles. The zero-order valence-corrected chi connectivity index (χ0v) is 25.8. The lowest BCUT2D eigenvalue weighted by Crippen LogP contribution is -2.00. The van der Waals surface area contributed by atoms with Gasteiger partial charge in [0.1, 0.15) is 0 Å². The van der Waals surface area contributed by atoms with E-state index in [4.69, 9.17) is 24.9 Å². The van der Waals surface area contributed by atoms with Crippen LogP contribution in [0.25, 0.3) is 89.3 Å². The van der Waals surface area contributed by atoms with Gasteiger partial charge in [-0.15, -0.1) is 0 Å².